The maximum absolute atomic E-state index is 13.4. The minimum Gasteiger partial charge on any atom is -0.496 e. The number of hydrogen-bond donors (Lipinski definition) is 0. The summed E-state index contributed by atoms with van der Waals surface area (Å²) in [4.78, 5) is 0. The molecule has 0 fully saturated rings. The van der Waals surface area contributed by atoms with Crippen LogP contribution in [0.25, 0.3) is 0 Å². The van der Waals surface area contributed by atoms with Crippen molar-refractivity contribution in [1.29, 1.82) is 5.26 Å². The Kier molecular flexibility index (Phi) is 4.07. The Labute approximate surface area is 88.0 Å². The molecule has 0 aliphatic carbocycles. The summed E-state index contributed by atoms with van der Waals surface area (Å²) < 4.78 is 23.4. The van der Waals surface area contributed by atoms with Gasteiger partial charge in [-0.1, -0.05) is 6.07 Å². The SMILES string of the molecule is COCc1c(F)ccc(CC#N)c1OC. The van der Waals surface area contributed by atoms with Gasteiger partial charge in [-0.3, -0.25) is 0 Å². The Morgan fingerprint density at radius 3 is 2.67 bits per heavy atom. The van der Waals surface area contributed by atoms with Crippen LogP contribution in [0.4, 0.5) is 4.39 Å². The molecule has 0 aromatic heterocycles. The summed E-state index contributed by atoms with van der Waals surface area (Å²) in [6.07, 6.45) is 0.195. The van der Waals surface area contributed by atoms with Gasteiger partial charge in [-0.05, 0) is 6.07 Å². The van der Waals surface area contributed by atoms with Crippen LogP contribution < -0.4 is 4.74 Å². The van der Waals surface area contributed by atoms with E-state index in [4.69, 9.17) is 14.7 Å². The van der Waals surface area contributed by atoms with E-state index in [9.17, 15) is 4.39 Å². The molecule has 3 nitrogen and oxygen atoms in total. The first-order chi connectivity index (χ1) is 7.24. The number of halogens is 1. The molecule has 0 saturated carbocycles. The molecule has 4 heteroatoms. The van der Waals surface area contributed by atoms with Gasteiger partial charge >= 0.3 is 0 Å². The quantitative estimate of drug-likeness (QED) is 0.762. The van der Waals surface area contributed by atoms with E-state index in [0.717, 1.165) is 0 Å². The van der Waals surface area contributed by atoms with Crippen molar-refractivity contribution in [3.63, 3.8) is 0 Å². The van der Waals surface area contributed by atoms with Crippen molar-refractivity contribution in [2.24, 2.45) is 0 Å². The van der Waals surface area contributed by atoms with Gasteiger partial charge in [-0.25, -0.2) is 4.39 Å². The number of rotatable bonds is 4. The Morgan fingerprint density at radius 1 is 1.40 bits per heavy atom. The smallest absolute Gasteiger partial charge is 0.132 e. The standard InChI is InChI=1S/C11H12FNO2/c1-14-7-9-10(12)4-3-8(5-6-13)11(9)15-2/h3-4H,5,7H2,1-2H3. The molecule has 80 valence electrons. The van der Waals surface area contributed by atoms with E-state index in [1.54, 1.807) is 6.07 Å². The van der Waals surface area contributed by atoms with Gasteiger partial charge in [-0.15, -0.1) is 0 Å². The summed E-state index contributed by atoms with van der Waals surface area (Å²) in [5.41, 5.74) is 1.03. The lowest BCUT2D eigenvalue weighted by atomic mass is 10.1. The maximum Gasteiger partial charge on any atom is 0.132 e. The molecule has 1 aromatic rings. The largest absolute Gasteiger partial charge is 0.496 e. The maximum atomic E-state index is 13.4. The third-order valence-electron chi connectivity index (χ3n) is 2.05. The minimum absolute atomic E-state index is 0.133. The zero-order chi connectivity index (χ0) is 11.3. The van der Waals surface area contributed by atoms with Crippen LogP contribution in [0.1, 0.15) is 11.1 Å². The summed E-state index contributed by atoms with van der Waals surface area (Å²) in [6, 6.07) is 4.88. The van der Waals surface area contributed by atoms with Crippen LogP contribution in [0.15, 0.2) is 12.1 Å². The van der Waals surface area contributed by atoms with Crippen LogP contribution in [0.3, 0.4) is 0 Å². The number of methoxy groups -OCH3 is 2. The Balaban J connectivity index is 3.21. The first-order valence-electron chi connectivity index (χ1n) is 4.44. The van der Waals surface area contributed by atoms with E-state index in [-0.39, 0.29) is 18.8 Å². The lowest BCUT2D eigenvalue weighted by Gasteiger charge is -2.12. The third-order valence-corrected chi connectivity index (χ3v) is 2.05. The molecule has 0 unspecified atom stereocenters. The highest BCUT2D eigenvalue weighted by Crippen LogP contribution is 2.27. The summed E-state index contributed by atoms with van der Waals surface area (Å²) in [5.74, 6) is 0.0220. The second-order valence-electron chi connectivity index (χ2n) is 2.99. The van der Waals surface area contributed by atoms with Gasteiger partial charge in [0.15, 0.2) is 0 Å². The van der Waals surface area contributed by atoms with Gasteiger partial charge in [0, 0.05) is 12.7 Å². The molecule has 0 atom stereocenters. The van der Waals surface area contributed by atoms with Crippen LogP contribution >= 0.6 is 0 Å². The number of hydrogen-bond acceptors (Lipinski definition) is 3. The Hall–Kier alpha value is -1.60. The van der Waals surface area contributed by atoms with E-state index in [1.807, 2.05) is 6.07 Å². The van der Waals surface area contributed by atoms with E-state index in [0.29, 0.717) is 16.9 Å². The second kappa shape index (κ2) is 5.32. The van der Waals surface area contributed by atoms with Gasteiger partial charge in [0.2, 0.25) is 0 Å². The van der Waals surface area contributed by atoms with Crippen molar-refractivity contribution in [2.45, 2.75) is 13.0 Å². The Morgan fingerprint density at radius 2 is 2.13 bits per heavy atom. The van der Waals surface area contributed by atoms with Crippen molar-refractivity contribution >= 4 is 0 Å². The number of benzene rings is 1. The van der Waals surface area contributed by atoms with Crippen LogP contribution in [0.2, 0.25) is 0 Å². The van der Waals surface area contributed by atoms with E-state index >= 15 is 0 Å². The van der Waals surface area contributed by atoms with Gasteiger partial charge in [0.1, 0.15) is 11.6 Å². The van der Waals surface area contributed by atoms with Crippen molar-refractivity contribution in [3.8, 4) is 11.8 Å². The normalized spacial score (nSPS) is 9.73. The summed E-state index contributed by atoms with van der Waals surface area (Å²) >= 11 is 0. The lowest BCUT2D eigenvalue weighted by molar-refractivity contribution is 0.177. The lowest BCUT2D eigenvalue weighted by Crippen LogP contribution is -2.01. The third kappa shape index (κ3) is 2.45. The number of ether oxygens (including phenoxy) is 2. The molecule has 0 radical (unpaired) electrons. The van der Waals surface area contributed by atoms with Crippen molar-refractivity contribution in [3.05, 3.63) is 29.1 Å². The molecule has 0 aliphatic heterocycles. The zero-order valence-electron chi connectivity index (χ0n) is 8.71. The molecular formula is C11H12FNO2. The van der Waals surface area contributed by atoms with E-state index < -0.39 is 0 Å². The predicted octanol–water partition coefficient (Wildman–Crippen LogP) is 2.05. The fourth-order valence-corrected chi connectivity index (χ4v) is 1.41. The van der Waals surface area contributed by atoms with Crippen LogP contribution in [0, 0.1) is 17.1 Å². The summed E-state index contributed by atoms with van der Waals surface area (Å²) in [7, 11) is 2.94. The summed E-state index contributed by atoms with van der Waals surface area (Å²) in [5, 5.41) is 8.60. The molecule has 0 spiro atoms. The first-order valence-corrected chi connectivity index (χ1v) is 4.44. The fourth-order valence-electron chi connectivity index (χ4n) is 1.41. The van der Waals surface area contributed by atoms with Gasteiger partial charge < -0.3 is 9.47 Å². The molecule has 0 heterocycles. The minimum atomic E-state index is -0.379. The average Bonchev–Trinajstić information content (AvgIpc) is 2.24. The van der Waals surface area contributed by atoms with Crippen molar-refractivity contribution < 1.29 is 13.9 Å². The number of nitrogens with zero attached hydrogens (tertiary/aromatic N) is 1. The highest BCUT2D eigenvalue weighted by Gasteiger charge is 2.13. The molecular weight excluding hydrogens is 197 g/mol. The Bertz CT molecular complexity index is 385. The molecule has 15 heavy (non-hydrogen) atoms. The van der Waals surface area contributed by atoms with Gasteiger partial charge in [-0.2, -0.15) is 5.26 Å². The molecule has 1 aromatic carbocycles. The monoisotopic (exact) mass is 209 g/mol. The molecule has 0 bridgehead atoms. The van der Waals surface area contributed by atoms with Crippen LogP contribution in [0.5, 0.6) is 5.75 Å². The second-order valence-corrected chi connectivity index (χ2v) is 2.99. The molecule has 0 aliphatic rings. The van der Waals surface area contributed by atoms with E-state index in [2.05, 4.69) is 0 Å². The number of nitriles is 1. The van der Waals surface area contributed by atoms with E-state index in [1.165, 1.54) is 20.3 Å². The molecule has 1 rings (SSSR count). The average molecular weight is 209 g/mol. The molecule has 0 N–H and O–H groups in total. The fraction of sp³-hybridized carbons (Fsp3) is 0.364. The highest BCUT2D eigenvalue weighted by molar-refractivity contribution is 5.43. The summed E-state index contributed by atoms with van der Waals surface area (Å²) in [6.45, 7) is 0.133. The highest BCUT2D eigenvalue weighted by atomic mass is 19.1. The van der Waals surface area contributed by atoms with Crippen molar-refractivity contribution in [1.82, 2.24) is 0 Å². The van der Waals surface area contributed by atoms with Gasteiger partial charge in [0.25, 0.3) is 0 Å². The topological polar surface area (TPSA) is 42.2 Å². The molecule has 0 amide bonds. The first kappa shape index (κ1) is 11.5. The van der Waals surface area contributed by atoms with Crippen molar-refractivity contribution in [2.75, 3.05) is 14.2 Å². The van der Waals surface area contributed by atoms with Crippen LogP contribution in [-0.4, -0.2) is 14.2 Å². The zero-order valence-corrected chi connectivity index (χ0v) is 8.71. The molecule has 0 saturated heterocycles. The van der Waals surface area contributed by atoms with Crippen LogP contribution in [-0.2, 0) is 17.8 Å². The van der Waals surface area contributed by atoms with Gasteiger partial charge in [0.05, 0.1) is 31.8 Å². The predicted molar refractivity (Wildman–Crippen MR) is 53.0 cm³/mol.